The quantitative estimate of drug-likeness (QED) is 0.903. The van der Waals surface area contributed by atoms with Crippen LogP contribution in [-0.4, -0.2) is 24.9 Å². The van der Waals surface area contributed by atoms with Crippen molar-refractivity contribution >= 4 is 38.8 Å². The number of hydrogen-bond donors (Lipinski definition) is 2. The molecule has 0 aliphatic carbocycles. The van der Waals surface area contributed by atoms with Crippen molar-refractivity contribution in [1.29, 1.82) is 0 Å². The van der Waals surface area contributed by atoms with Crippen LogP contribution >= 0.6 is 22.9 Å². The molecule has 2 N–H and O–H groups in total. The van der Waals surface area contributed by atoms with Gasteiger partial charge < -0.3 is 0 Å². The fourth-order valence-corrected chi connectivity index (χ4v) is 2.64. The van der Waals surface area contributed by atoms with Gasteiger partial charge in [0.25, 0.3) is 0 Å². The van der Waals surface area contributed by atoms with Crippen molar-refractivity contribution in [3.05, 3.63) is 22.5 Å². The van der Waals surface area contributed by atoms with Crippen LogP contribution in [0.3, 0.4) is 0 Å². The van der Waals surface area contributed by atoms with E-state index in [-0.39, 0.29) is 5.82 Å². The third kappa shape index (κ3) is 2.75. The van der Waals surface area contributed by atoms with Crippen LogP contribution in [0.1, 0.15) is 0 Å². The van der Waals surface area contributed by atoms with E-state index in [1.807, 2.05) is 6.07 Å². The molecule has 0 aliphatic rings. The number of H-pyrrole nitrogens is 1. The molecular formula is C8H8ClN3O2S2. The average molecular weight is 278 g/mol. The maximum Gasteiger partial charge on any atom is 0.231 e. The second kappa shape index (κ2) is 4.08. The molecule has 0 bridgehead atoms. The zero-order chi connectivity index (χ0) is 11.8. The highest BCUT2D eigenvalue weighted by Crippen LogP contribution is 2.30. The van der Waals surface area contributed by atoms with E-state index in [1.54, 1.807) is 12.1 Å². The molecule has 0 saturated heterocycles. The summed E-state index contributed by atoms with van der Waals surface area (Å²) in [6.07, 6.45) is 1.07. The standard InChI is InChI=1S/C8H8ClN3O2S2/c1-16(13,14)12-8-4-5(10-11-8)6-2-3-7(9)15-6/h2-4H,1H3,(H2,10,11,12). The molecule has 0 atom stereocenters. The van der Waals surface area contributed by atoms with Crippen LogP contribution in [0.15, 0.2) is 18.2 Å². The van der Waals surface area contributed by atoms with E-state index in [0.717, 1.165) is 16.8 Å². The van der Waals surface area contributed by atoms with Gasteiger partial charge in [-0.2, -0.15) is 5.10 Å². The molecule has 0 radical (unpaired) electrons. The maximum atomic E-state index is 11.0. The first-order valence-corrected chi connectivity index (χ1v) is 7.31. The van der Waals surface area contributed by atoms with Crippen LogP contribution in [0, 0.1) is 0 Å². The third-order valence-electron chi connectivity index (χ3n) is 1.71. The Labute approximate surface area is 102 Å². The van der Waals surface area contributed by atoms with Crippen molar-refractivity contribution in [3.8, 4) is 10.6 Å². The first-order valence-electron chi connectivity index (χ1n) is 4.23. The Hall–Kier alpha value is -1.05. The van der Waals surface area contributed by atoms with E-state index in [2.05, 4.69) is 14.9 Å². The summed E-state index contributed by atoms with van der Waals surface area (Å²) >= 11 is 7.19. The van der Waals surface area contributed by atoms with Crippen LogP contribution in [-0.2, 0) is 10.0 Å². The molecule has 0 spiro atoms. The normalized spacial score (nSPS) is 11.6. The molecule has 16 heavy (non-hydrogen) atoms. The Bertz CT molecular complexity index is 602. The fraction of sp³-hybridized carbons (Fsp3) is 0.125. The summed E-state index contributed by atoms with van der Waals surface area (Å²) in [5, 5.41) is 6.57. The Morgan fingerprint density at radius 2 is 2.25 bits per heavy atom. The largest absolute Gasteiger partial charge is 0.275 e. The number of halogens is 1. The van der Waals surface area contributed by atoms with E-state index in [0.29, 0.717) is 4.34 Å². The minimum Gasteiger partial charge on any atom is -0.275 e. The van der Waals surface area contributed by atoms with E-state index in [9.17, 15) is 8.42 Å². The summed E-state index contributed by atoms with van der Waals surface area (Å²) in [5.41, 5.74) is 0.725. The topological polar surface area (TPSA) is 74.8 Å². The lowest BCUT2D eigenvalue weighted by Crippen LogP contribution is -2.09. The van der Waals surface area contributed by atoms with Crippen LogP contribution in [0.4, 0.5) is 5.82 Å². The van der Waals surface area contributed by atoms with E-state index in [1.165, 1.54) is 11.3 Å². The van der Waals surface area contributed by atoms with Gasteiger partial charge in [-0.1, -0.05) is 11.6 Å². The minimum atomic E-state index is -3.30. The first-order chi connectivity index (χ1) is 7.44. The van der Waals surface area contributed by atoms with Gasteiger partial charge in [0.05, 0.1) is 21.2 Å². The zero-order valence-electron chi connectivity index (χ0n) is 8.19. The van der Waals surface area contributed by atoms with Gasteiger partial charge in [-0.05, 0) is 12.1 Å². The number of aromatic amines is 1. The molecule has 2 aromatic rings. The molecule has 0 aromatic carbocycles. The number of rotatable bonds is 3. The molecule has 86 valence electrons. The van der Waals surface area contributed by atoms with E-state index >= 15 is 0 Å². The molecule has 2 heterocycles. The second-order valence-electron chi connectivity index (χ2n) is 3.14. The molecule has 0 unspecified atom stereocenters. The van der Waals surface area contributed by atoms with Crippen molar-refractivity contribution < 1.29 is 8.42 Å². The number of thiophene rings is 1. The van der Waals surface area contributed by atoms with Crippen molar-refractivity contribution in [2.45, 2.75) is 0 Å². The van der Waals surface area contributed by atoms with Gasteiger partial charge in [0.15, 0.2) is 5.82 Å². The van der Waals surface area contributed by atoms with Crippen LogP contribution in [0.2, 0.25) is 4.34 Å². The summed E-state index contributed by atoms with van der Waals surface area (Å²) in [7, 11) is -3.30. The number of aromatic nitrogens is 2. The number of sulfonamides is 1. The number of anilines is 1. The summed E-state index contributed by atoms with van der Waals surface area (Å²) in [6, 6.07) is 5.22. The van der Waals surface area contributed by atoms with Gasteiger partial charge in [0, 0.05) is 6.07 Å². The molecule has 0 fully saturated rings. The molecule has 5 nitrogen and oxygen atoms in total. The minimum absolute atomic E-state index is 0.266. The van der Waals surface area contributed by atoms with E-state index in [4.69, 9.17) is 11.6 Å². The Morgan fingerprint density at radius 1 is 1.50 bits per heavy atom. The van der Waals surface area contributed by atoms with Gasteiger partial charge in [-0.15, -0.1) is 11.3 Å². The average Bonchev–Trinajstić information content (AvgIpc) is 2.71. The third-order valence-corrected chi connectivity index (χ3v) is 3.55. The first kappa shape index (κ1) is 11.4. The predicted octanol–water partition coefficient (Wildman–Crippen LogP) is 2.16. The predicted molar refractivity (Wildman–Crippen MR) is 65.4 cm³/mol. The van der Waals surface area contributed by atoms with Gasteiger partial charge in [0.1, 0.15) is 0 Å². The lowest BCUT2D eigenvalue weighted by atomic mass is 10.3. The van der Waals surface area contributed by atoms with Crippen molar-refractivity contribution in [2.75, 3.05) is 11.0 Å². The smallest absolute Gasteiger partial charge is 0.231 e. The molecular weight excluding hydrogens is 270 g/mol. The van der Waals surface area contributed by atoms with Crippen LogP contribution in [0.25, 0.3) is 10.6 Å². The lowest BCUT2D eigenvalue weighted by molar-refractivity contribution is 0.606. The Morgan fingerprint density at radius 3 is 2.81 bits per heavy atom. The van der Waals surface area contributed by atoms with Crippen molar-refractivity contribution in [1.82, 2.24) is 10.2 Å². The monoisotopic (exact) mass is 277 g/mol. The van der Waals surface area contributed by atoms with Gasteiger partial charge in [-0.3, -0.25) is 9.82 Å². The lowest BCUT2D eigenvalue weighted by Gasteiger charge is -1.95. The number of nitrogens with zero attached hydrogens (tertiary/aromatic N) is 1. The summed E-state index contributed by atoms with van der Waals surface area (Å²) in [4.78, 5) is 0.902. The zero-order valence-corrected chi connectivity index (χ0v) is 10.6. The highest BCUT2D eigenvalue weighted by molar-refractivity contribution is 7.92. The highest BCUT2D eigenvalue weighted by Gasteiger charge is 2.08. The molecule has 0 aliphatic heterocycles. The van der Waals surface area contributed by atoms with Crippen molar-refractivity contribution in [3.63, 3.8) is 0 Å². The Balaban J connectivity index is 2.26. The number of nitrogens with one attached hydrogen (secondary N) is 2. The number of hydrogen-bond acceptors (Lipinski definition) is 4. The van der Waals surface area contributed by atoms with Gasteiger partial charge >= 0.3 is 0 Å². The van der Waals surface area contributed by atoms with Gasteiger partial charge in [0.2, 0.25) is 10.0 Å². The highest BCUT2D eigenvalue weighted by atomic mass is 35.5. The second-order valence-corrected chi connectivity index (χ2v) is 6.61. The fourth-order valence-electron chi connectivity index (χ4n) is 1.15. The summed E-state index contributed by atoms with van der Waals surface area (Å²) in [6.45, 7) is 0. The SMILES string of the molecule is CS(=O)(=O)Nc1cc(-c2ccc(Cl)s2)[nH]n1. The summed E-state index contributed by atoms with van der Waals surface area (Å²) in [5.74, 6) is 0.266. The molecule has 0 amide bonds. The Kier molecular flexibility index (Phi) is 2.92. The van der Waals surface area contributed by atoms with E-state index < -0.39 is 10.0 Å². The molecule has 0 saturated carbocycles. The van der Waals surface area contributed by atoms with Crippen LogP contribution < -0.4 is 4.72 Å². The van der Waals surface area contributed by atoms with Crippen LogP contribution in [0.5, 0.6) is 0 Å². The molecule has 8 heteroatoms. The summed E-state index contributed by atoms with van der Waals surface area (Å²) < 4.78 is 24.9. The molecule has 2 aromatic heterocycles. The molecule has 2 rings (SSSR count). The van der Waals surface area contributed by atoms with Gasteiger partial charge in [-0.25, -0.2) is 8.42 Å². The maximum absolute atomic E-state index is 11.0. The van der Waals surface area contributed by atoms with Crippen molar-refractivity contribution in [2.24, 2.45) is 0 Å².